The summed E-state index contributed by atoms with van der Waals surface area (Å²) in [7, 11) is 1.34. The molecule has 0 spiro atoms. The first-order valence-electron chi connectivity index (χ1n) is 5.17. The van der Waals surface area contributed by atoms with Gasteiger partial charge in [0, 0.05) is 12.6 Å². The molecule has 1 amide bonds. The molecule has 0 aliphatic heterocycles. The molecule has 0 radical (unpaired) electrons. The fraction of sp³-hybridized carbons (Fsp3) is 0.400. The van der Waals surface area contributed by atoms with Gasteiger partial charge < -0.3 is 0 Å². The van der Waals surface area contributed by atoms with E-state index in [9.17, 15) is 14.9 Å². The van der Waals surface area contributed by atoms with Crippen LogP contribution in [0.2, 0.25) is 5.15 Å². The van der Waals surface area contributed by atoms with Crippen molar-refractivity contribution in [2.75, 3.05) is 13.7 Å². The maximum absolute atomic E-state index is 12.0. The SMILES string of the molecule is CCCN(OC)C(=O)c1cc([N+](=O)[O-])cnc1Cl. The van der Waals surface area contributed by atoms with E-state index in [4.69, 9.17) is 16.4 Å². The predicted octanol–water partition coefficient (Wildman–Crippen LogP) is 2.06. The molecule has 1 heterocycles. The number of rotatable bonds is 5. The van der Waals surface area contributed by atoms with Crippen LogP contribution in [0.25, 0.3) is 0 Å². The van der Waals surface area contributed by atoms with Crippen molar-refractivity contribution < 1.29 is 14.6 Å². The van der Waals surface area contributed by atoms with E-state index in [0.29, 0.717) is 13.0 Å². The van der Waals surface area contributed by atoms with Gasteiger partial charge in [0.25, 0.3) is 11.6 Å². The molecule has 0 aliphatic rings. The summed E-state index contributed by atoms with van der Waals surface area (Å²) in [5.41, 5.74) is -0.350. The van der Waals surface area contributed by atoms with E-state index in [-0.39, 0.29) is 16.4 Å². The molecule has 1 aromatic heterocycles. The number of nitrogens with zero attached hydrogens (tertiary/aromatic N) is 3. The predicted molar refractivity (Wildman–Crippen MR) is 64.2 cm³/mol. The second-order valence-corrected chi connectivity index (χ2v) is 3.74. The summed E-state index contributed by atoms with van der Waals surface area (Å²) in [5.74, 6) is -0.555. The molecule has 0 fully saturated rings. The quantitative estimate of drug-likeness (QED) is 0.466. The number of hydrogen-bond donors (Lipinski definition) is 0. The Balaban J connectivity index is 3.10. The third kappa shape index (κ3) is 3.14. The van der Waals surface area contributed by atoms with E-state index in [1.54, 1.807) is 0 Å². The van der Waals surface area contributed by atoms with Crippen molar-refractivity contribution in [2.45, 2.75) is 13.3 Å². The van der Waals surface area contributed by atoms with Gasteiger partial charge in [0.05, 0.1) is 17.6 Å². The van der Waals surface area contributed by atoms with E-state index < -0.39 is 10.8 Å². The highest BCUT2D eigenvalue weighted by Crippen LogP contribution is 2.20. The minimum atomic E-state index is -0.642. The molecule has 0 saturated carbocycles. The summed E-state index contributed by atoms with van der Waals surface area (Å²) in [6.07, 6.45) is 1.68. The highest BCUT2D eigenvalue weighted by molar-refractivity contribution is 6.32. The van der Waals surface area contributed by atoms with E-state index >= 15 is 0 Å². The first-order valence-corrected chi connectivity index (χ1v) is 5.55. The fourth-order valence-corrected chi connectivity index (χ4v) is 1.48. The maximum atomic E-state index is 12.0. The number of amides is 1. The number of halogens is 1. The van der Waals surface area contributed by atoms with Gasteiger partial charge in [-0.2, -0.15) is 0 Å². The zero-order valence-electron chi connectivity index (χ0n) is 9.92. The normalized spacial score (nSPS) is 10.2. The van der Waals surface area contributed by atoms with Crippen LogP contribution in [-0.4, -0.2) is 34.5 Å². The lowest BCUT2D eigenvalue weighted by Crippen LogP contribution is -2.31. The molecular weight excluding hydrogens is 262 g/mol. The number of pyridine rings is 1. The second-order valence-electron chi connectivity index (χ2n) is 3.38. The lowest BCUT2D eigenvalue weighted by atomic mass is 10.2. The molecule has 0 aromatic carbocycles. The number of hydrogen-bond acceptors (Lipinski definition) is 5. The molecule has 0 N–H and O–H groups in total. The summed E-state index contributed by atoms with van der Waals surface area (Å²) in [6.45, 7) is 2.22. The lowest BCUT2D eigenvalue weighted by Gasteiger charge is -2.18. The number of carbonyl (C=O) groups excluding carboxylic acids is 1. The van der Waals surface area contributed by atoms with Gasteiger partial charge in [0.2, 0.25) is 0 Å². The second kappa shape index (κ2) is 6.27. The molecule has 0 aliphatic carbocycles. The van der Waals surface area contributed by atoms with Gasteiger partial charge in [-0.05, 0) is 6.42 Å². The van der Waals surface area contributed by atoms with Crippen molar-refractivity contribution in [3.05, 3.63) is 33.1 Å². The van der Waals surface area contributed by atoms with Crippen LogP contribution in [-0.2, 0) is 4.84 Å². The minimum absolute atomic E-state index is 0.0545. The van der Waals surface area contributed by atoms with E-state index in [1.807, 2.05) is 6.92 Å². The van der Waals surface area contributed by atoms with Crippen LogP contribution in [0.5, 0.6) is 0 Å². The summed E-state index contributed by atoms with van der Waals surface area (Å²) in [4.78, 5) is 30.5. The number of nitro groups is 1. The number of aromatic nitrogens is 1. The molecule has 0 unspecified atom stereocenters. The van der Waals surface area contributed by atoms with Crippen molar-refractivity contribution in [1.29, 1.82) is 0 Å². The Morgan fingerprint density at radius 1 is 1.67 bits per heavy atom. The van der Waals surface area contributed by atoms with Crippen molar-refractivity contribution in [1.82, 2.24) is 10.0 Å². The van der Waals surface area contributed by atoms with Crippen LogP contribution in [0.1, 0.15) is 23.7 Å². The molecule has 98 valence electrons. The molecule has 8 heteroatoms. The van der Waals surface area contributed by atoms with Gasteiger partial charge in [-0.1, -0.05) is 18.5 Å². The van der Waals surface area contributed by atoms with Crippen LogP contribution < -0.4 is 0 Å². The van der Waals surface area contributed by atoms with E-state index in [2.05, 4.69) is 4.98 Å². The van der Waals surface area contributed by atoms with E-state index in [0.717, 1.165) is 17.3 Å². The van der Waals surface area contributed by atoms with Crippen LogP contribution in [0.15, 0.2) is 12.3 Å². The monoisotopic (exact) mass is 273 g/mol. The smallest absolute Gasteiger partial charge is 0.274 e. The molecule has 1 rings (SSSR count). The Morgan fingerprint density at radius 2 is 2.33 bits per heavy atom. The highest BCUT2D eigenvalue weighted by atomic mass is 35.5. The van der Waals surface area contributed by atoms with Gasteiger partial charge >= 0.3 is 0 Å². The van der Waals surface area contributed by atoms with Gasteiger partial charge in [-0.25, -0.2) is 10.0 Å². The summed E-state index contributed by atoms with van der Waals surface area (Å²) in [6, 6.07) is 1.08. The van der Waals surface area contributed by atoms with Crippen LogP contribution >= 0.6 is 11.6 Å². The third-order valence-electron chi connectivity index (χ3n) is 2.14. The van der Waals surface area contributed by atoms with Gasteiger partial charge in [0.1, 0.15) is 11.3 Å². The molecule has 0 bridgehead atoms. The largest absolute Gasteiger partial charge is 0.288 e. The average molecular weight is 274 g/mol. The standard InChI is InChI=1S/C10H12ClN3O4/c1-3-4-13(18-2)10(15)8-5-7(14(16)17)6-12-9(8)11/h5-6H,3-4H2,1-2H3. The Hall–Kier alpha value is -1.73. The van der Waals surface area contributed by atoms with Crippen molar-refractivity contribution >= 4 is 23.2 Å². The zero-order chi connectivity index (χ0) is 13.7. The topological polar surface area (TPSA) is 85.6 Å². The summed E-state index contributed by atoms with van der Waals surface area (Å²) < 4.78 is 0. The molecule has 1 aromatic rings. The van der Waals surface area contributed by atoms with E-state index in [1.165, 1.54) is 7.11 Å². The van der Waals surface area contributed by atoms with Crippen LogP contribution in [0, 0.1) is 10.1 Å². The number of hydroxylamine groups is 2. The first kappa shape index (κ1) is 14.3. The lowest BCUT2D eigenvalue weighted by molar-refractivity contribution is -0.385. The van der Waals surface area contributed by atoms with Crippen molar-refractivity contribution in [2.24, 2.45) is 0 Å². The average Bonchev–Trinajstić information content (AvgIpc) is 2.35. The van der Waals surface area contributed by atoms with Gasteiger partial charge in [-0.3, -0.25) is 19.7 Å². The minimum Gasteiger partial charge on any atom is -0.274 e. The fourth-order valence-electron chi connectivity index (χ4n) is 1.30. The maximum Gasteiger partial charge on any atom is 0.288 e. The van der Waals surface area contributed by atoms with Crippen LogP contribution in [0.3, 0.4) is 0 Å². The Labute approximate surface area is 108 Å². The summed E-state index contributed by atoms with van der Waals surface area (Å²) >= 11 is 5.76. The Bertz CT molecular complexity index is 466. The molecule has 0 atom stereocenters. The number of carbonyl (C=O) groups is 1. The molecule has 18 heavy (non-hydrogen) atoms. The Kier molecular flexibility index (Phi) is 4.99. The van der Waals surface area contributed by atoms with Crippen molar-refractivity contribution in [3.8, 4) is 0 Å². The summed E-state index contributed by atoms with van der Waals surface area (Å²) in [5, 5.41) is 11.6. The van der Waals surface area contributed by atoms with Crippen LogP contribution in [0.4, 0.5) is 5.69 Å². The first-order chi connectivity index (χ1) is 8.51. The molecule has 7 nitrogen and oxygen atoms in total. The molecule has 0 saturated heterocycles. The highest BCUT2D eigenvalue weighted by Gasteiger charge is 2.21. The zero-order valence-corrected chi connectivity index (χ0v) is 10.7. The van der Waals surface area contributed by atoms with Gasteiger partial charge in [-0.15, -0.1) is 0 Å². The Morgan fingerprint density at radius 3 is 2.83 bits per heavy atom. The molecular formula is C10H12ClN3O4. The van der Waals surface area contributed by atoms with Gasteiger partial charge in [0.15, 0.2) is 0 Å². The van der Waals surface area contributed by atoms with Crippen molar-refractivity contribution in [3.63, 3.8) is 0 Å². The third-order valence-corrected chi connectivity index (χ3v) is 2.44.